The highest BCUT2D eigenvalue weighted by Gasteiger charge is 2.20. The number of aryl methyl sites for hydroxylation is 1. The smallest absolute Gasteiger partial charge is 0.0102 e. The van der Waals surface area contributed by atoms with Crippen molar-refractivity contribution in [2.24, 2.45) is 5.41 Å². The SMILES string of the molecule is CC(C)NCC(C)(C)CCc1ccc(C(C)(C)C)s1. The summed E-state index contributed by atoms with van der Waals surface area (Å²) in [4.78, 5) is 3.03. The summed E-state index contributed by atoms with van der Waals surface area (Å²) in [7, 11) is 0. The summed E-state index contributed by atoms with van der Waals surface area (Å²) in [6.07, 6.45) is 2.45. The molecule has 0 aliphatic heterocycles. The van der Waals surface area contributed by atoms with Crippen molar-refractivity contribution in [1.82, 2.24) is 5.32 Å². The molecule has 1 nitrogen and oxygen atoms in total. The molecule has 0 unspecified atom stereocenters. The maximum Gasteiger partial charge on any atom is 0.0102 e. The van der Waals surface area contributed by atoms with Crippen molar-refractivity contribution in [2.75, 3.05) is 6.54 Å². The molecule has 0 fully saturated rings. The van der Waals surface area contributed by atoms with Crippen molar-refractivity contribution in [2.45, 2.75) is 72.8 Å². The van der Waals surface area contributed by atoms with E-state index in [0.717, 1.165) is 6.54 Å². The maximum absolute atomic E-state index is 3.55. The molecule has 1 aromatic heterocycles. The van der Waals surface area contributed by atoms with E-state index in [-0.39, 0.29) is 5.41 Å². The van der Waals surface area contributed by atoms with Crippen molar-refractivity contribution in [3.63, 3.8) is 0 Å². The first kappa shape index (κ1) is 16.7. The molecule has 0 saturated carbocycles. The van der Waals surface area contributed by atoms with E-state index in [2.05, 4.69) is 65.9 Å². The Labute approximate surface area is 123 Å². The van der Waals surface area contributed by atoms with Gasteiger partial charge in [0.1, 0.15) is 0 Å². The molecular weight excluding hydrogens is 250 g/mol. The molecule has 2 heteroatoms. The lowest BCUT2D eigenvalue weighted by molar-refractivity contribution is 0.305. The average Bonchev–Trinajstić information content (AvgIpc) is 2.72. The molecule has 1 aromatic rings. The van der Waals surface area contributed by atoms with Gasteiger partial charge in [0.05, 0.1) is 0 Å². The second kappa shape index (κ2) is 6.41. The van der Waals surface area contributed by atoms with Gasteiger partial charge in [0.15, 0.2) is 0 Å². The topological polar surface area (TPSA) is 12.0 Å². The van der Waals surface area contributed by atoms with Crippen LogP contribution in [0.2, 0.25) is 0 Å². The normalized spacial score (nSPS) is 13.3. The Kier molecular flexibility index (Phi) is 5.64. The van der Waals surface area contributed by atoms with Gasteiger partial charge in [-0.2, -0.15) is 0 Å². The highest BCUT2D eigenvalue weighted by atomic mass is 32.1. The molecule has 19 heavy (non-hydrogen) atoms. The van der Waals surface area contributed by atoms with E-state index < -0.39 is 0 Å². The molecule has 0 atom stereocenters. The monoisotopic (exact) mass is 281 g/mol. The fourth-order valence-corrected chi connectivity index (χ4v) is 3.01. The molecule has 1 heterocycles. The molecule has 0 aliphatic rings. The third-order valence-electron chi connectivity index (χ3n) is 3.44. The quantitative estimate of drug-likeness (QED) is 0.773. The van der Waals surface area contributed by atoms with Crippen LogP contribution < -0.4 is 5.32 Å². The van der Waals surface area contributed by atoms with Crippen LogP contribution in [0.15, 0.2) is 12.1 Å². The fraction of sp³-hybridized carbons (Fsp3) is 0.765. The molecule has 0 spiro atoms. The zero-order valence-corrected chi connectivity index (χ0v) is 14.6. The lowest BCUT2D eigenvalue weighted by atomic mass is 9.87. The van der Waals surface area contributed by atoms with E-state index in [1.54, 1.807) is 0 Å². The Bertz CT molecular complexity index is 382. The number of hydrogen-bond donors (Lipinski definition) is 1. The van der Waals surface area contributed by atoms with Gasteiger partial charge in [-0.25, -0.2) is 0 Å². The summed E-state index contributed by atoms with van der Waals surface area (Å²) in [6, 6.07) is 5.20. The van der Waals surface area contributed by atoms with E-state index in [0.29, 0.717) is 11.5 Å². The summed E-state index contributed by atoms with van der Waals surface area (Å²) < 4.78 is 0. The molecular formula is C17H31NS. The third kappa shape index (κ3) is 6.09. The molecule has 0 aliphatic carbocycles. The van der Waals surface area contributed by atoms with E-state index in [4.69, 9.17) is 0 Å². The van der Waals surface area contributed by atoms with Gasteiger partial charge in [-0.15, -0.1) is 11.3 Å². The third-order valence-corrected chi connectivity index (χ3v) is 5.01. The zero-order chi connectivity index (χ0) is 14.7. The van der Waals surface area contributed by atoms with Crippen molar-refractivity contribution >= 4 is 11.3 Å². The van der Waals surface area contributed by atoms with Crippen LogP contribution in [0.25, 0.3) is 0 Å². The number of hydrogen-bond acceptors (Lipinski definition) is 2. The molecule has 0 saturated heterocycles. The number of nitrogens with one attached hydrogen (secondary N) is 1. The predicted molar refractivity (Wildman–Crippen MR) is 88.3 cm³/mol. The van der Waals surface area contributed by atoms with Crippen molar-refractivity contribution in [3.05, 3.63) is 21.9 Å². The molecule has 0 radical (unpaired) electrons. The van der Waals surface area contributed by atoms with Crippen molar-refractivity contribution in [3.8, 4) is 0 Å². The van der Waals surface area contributed by atoms with Crippen LogP contribution in [0.5, 0.6) is 0 Å². The lowest BCUT2D eigenvalue weighted by Gasteiger charge is -2.26. The van der Waals surface area contributed by atoms with Gasteiger partial charge in [-0.05, 0) is 35.8 Å². The summed E-state index contributed by atoms with van der Waals surface area (Å²) in [6.45, 7) is 17.1. The van der Waals surface area contributed by atoms with Crippen LogP contribution in [0.3, 0.4) is 0 Å². The first-order valence-corrected chi connectivity index (χ1v) is 8.24. The van der Waals surface area contributed by atoms with Gasteiger partial charge in [0.2, 0.25) is 0 Å². The van der Waals surface area contributed by atoms with Gasteiger partial charge in [-0.1, -0.05) is 48.5 Å². The van der Waals surface area contributed by atoms with Crippen LogP contribution in [0.4, 0.5) is 0 Å². The van der Waals surface area contributed by atoms with Crippen LogP contribution >= 0.6 is 11.3 Å². The van der Waals surface area contributed by atoms with E-state index in [1.807, 2.05) is 11.3 Å². The van der Waals surface area contributed by atoms with Crippen LogP contribution in [-0.2, 0) is 11.8 Å². The average molecular weight is 282 g/mol. The van der Waals surface area contributed by atoms with Gasteiger partial charge < -0.3 is 5.32 Å². The van der Waals surface area contributed by atoms with Crippen LogP contribution in [0, 0.1) is 5.41 Å². The number of rotatable bonds is 6. The highest BCUT2D eigenvalue weighted by Crippen LogP contribution is 2.31. The standard InChI is InChI=1S/C17H31NS/c1-13(2)18-12-17(6,7)11-10-14-8-9-15(19-14)16(3,4)5/h8-9,13,18H,10-12H2,1-7H3. The van der Waals surface area contributed by atoms with Gasteiger partial charge in [0, 0.05) is 22.3 Å². The molecule has 1 rings (SSSR count). The summed E-state index contributed by atoms with van der Waals surface area (Å²) in [5.41, 5.74) is 0.661. The largest absolute Gasteiger partial charge is 0.314 e. The summed E-state index contributed by atoms with van der Waals surface area (Å²) in [5, 5.41) is 3.55. The van der Waals surface area contributed by atoms with Crippen molar-refractivity contribution in [1.29, 1.82) is 0 Å². The number of thiophene rings is 1. The van der Waals surface area contributed by atoms with Gasteiger partial charge in [-0.3, -0.25) is 0 Å². The molecule has 110 valence electrons. The molecule has 0 aromatic carbocycles. The van der Waals surface area contributed by atoms with Crippen molar-refractivity contribution < 1.29 is 0 Å². The van der Waals surface area contributed by atoms with Gasteiger partial charge >= 0.3 is 0 Å². The molecule has 1 N–H and O–H groups in total. The Hall–Kier alpha value is -0.340. The Balaban J connectivity index is 2.50. The maximum atomic E-state index is 3.55. The summed E-state index contributed by atoms with van der Waals surface area (Å²) in [5.74, 6) is 0. The van der Waals surface area contributed by atoms with Crippen LogP contribution in [0.1, 0.15) is 64.6 Å². The second-order valence-corrected chi connectivity index (χ2v) is 8.88. The Morgan fingerprint density at radius 1 is 1.11 bits per heavy atom. The summed E-state index contributed by atoms with van der Waals surface area (Å²) >= 11 is 1.98. The minimum absolute atomic E-state index is 0.289. The van der Waals surface area contributed by atoms with E-state index in [9.17, 15) is 0 Å². The van der Waals surface area contributed by atoms with Crippen LogP contribution in [-0.4, -0.2) is 12.6 Å². The van der Waals surface area contributed by atoms with Gasteiger partial charge in [0.25, 0.3) is 0 Å². The lowest BCUT2D eigenvalue weighted by Crippen LogP contribution is -2.34. The second-order valence-electron chi connectivity index (χ2n) is 7.72. The minimum atomic E-state index is 0.289. The first-order valence-electron chi connectivity index (χ1n) is 7.43. The highest BCUT2D eigenvalue weighted by molar-refractivity contribution is 7.12. The van der Waals surface area contributed by atoms with E-state index in [1.165, 1.54) is 22.6 Å². The Morgan fingerprint density at radius 2 is 1.74 bits per heavy atom. The van der Waals surface area contributed by atoms with E-state index >= 15 is 0 Å². The minimum Gasteiger partial charge on any atom is -0.314 e. The molecule has 0 amide bonds. The molecule has 0 bridgehead atoms. The zero-order valence-electron chi connectivity index (χ0n) is 13.8. The first-order chi connectivity index (χ1) is 8.60. The predicted octanol–water partition coefficient (Wildman–Crippen LogP) is 5.00. The Morgan fingerprint density at radius 3 is 2.21 bits per heavy atom. The fourth-order valence-electron chi connectivity index (χ4n) is 1.95.